The number of para-hydroxylation sites is 2. The number of ether oxygens (including phenoxy) is 1. The van der Waals surface area contributed by atoms with E-state index in [4.69, 9.17) is 4.74 Å². The molecule has 0 unspecified atom stereocenters. The van der Waals surface area contributed by atoms with Crippen LogP contribution in [0, 0.1) is 21.7 Å². The van der Waals surface area contributed by atoms with Gasteiger partial charge in [0.2, 0.25) is 5.91 Å². The molecule has 0 saturated carbocycles. The lowest BCUT2D eigenvalue weighted by Gasteiger charge is -2.07. The second-order valence-electron chi connectivity index (χ2n) is 4.85. The van der Waals surface area contributed by atoms with Gasteiger partial charge in [-0.3, -0.25) is 14.9 Å². The first-order valence-electron chi connectivity index (χ1n) is 7.08. The first kappa shape index (κ1) is 17.3. The van der Waals surface area contributed by atoms with Gasteiger partial charge < -0.3 is 10.1 Å². The van der Waals surface area contributed by atoms with Crippen molar-refractivity contribution in [2.45, 2.75) is 12.8 Å². The molecule has 1 amide bonds. The Bertz CT molecular complexity index is 753. The highest BCUT2D eigenvalue weighted by atomic mass is 19.2. The van der Waals surface area contributed by atoms with Gasteiger partial charge >= 0.3 is 5.69 Å². The minimum atomic E-state index is -1.05. The molecule has 0 aliphatic carbocycles. The number of halogens is 2. The molecule has 0 fully saturated rings. The van der Waals surface area contributed by atoms with Gasteiger partial charge in [0.15, 0.2) is 17.4 Å². The Morgan fingerprint density at radius 2 is 1.92 bits per heavy atom. The minimum Gasteiger partial charge on any atom is -0.487 e. The van der Waals surface area contributed by atoms with Gasteiger partial charge in [0, 0.05) is 24.2 Å². The van der Waals surface area contributed by atoms with E-state index in [-0.39, 0.29) is 30.2 Å². The van der Waals surface area contributed by atoms with E-state index in [1.165, 1.54) is 24.3 Å². The van der Waals surface area contributed by atoms with E-state index in [0.717, 1.165) is 12.1 Å². The number of hydrogen-bond donors (Lipinski definition) is 1. The molecule has 0 aromatic heterocycles. The van der Waals surface area contributed by atoms with Crippen LogP contribution in [0.15, 0.2) is 42.5 Å². The highest BCUT2D eigenvalue weighted by Gasteiger charge is 2.13. The van der Waals surface area contributed by atoms with Crippen LogP contribution in [0.25, 0.3) is 0 Å². The van der Waals surface area contributed by atoms with Crippen LogP contribution in [0.3, 0.4) is 0 Å². The van der Waals surface area contributed by atoms with Crippen LogP contribution in [0.2, 0.25) is 0 Å². The van der Waals surface area contributed by atoms with Gasteiger partial charge in [-0.25, -0.2) is 8.78 Å². The maximum atomic E-state index is 13.0. The molecule has 8 heteroatoms. The van der Waals surface area contributed by atoms with Crippen molar-refractivity contribution in [2.75, 3.05) is 11.9 Å². The summed E-state index contributed by atoms with van der Waals surface area (Å²) in [5, 5.41) is 13.3. The summed E-state index contributed by atoms with van der Waals surface area (Å²) in [6.07, 6.45) is 0.376. The summed E-state index contributed by atoms with van der Waals surface area (Å²) >= 11 is 0. The van der Waals surface area contributed by atoms with Crippen molar-refractivity contribution in [3.05, 3.63) is 64.2 Å². The molecule has 1 N–H and O–H groups in total. The smallest absolute Gasteiger partial charge is 0.310 e. The average molecular weight is 336 g/mol. The zero-order valence-electron chi connectivity index (χ0n) is 12.5. The summed E-state index contributed by atoms with van der Waals surface area (Å²) in [5.74, 6) is -2.31. The molecule has 0 aliphatic heterocycles. The number of benzene rings is 2. The first-order chi connectivity index (χ1) is 11.5. The number of rotatable bonds is 7. The lowest BCUT2D eigenvalue weighted by atomic mass is 10.2. The molecule has 0 heterocycles. The summed E-state index contributed by atoms with van der Waals surface area (Å²) < 4.78 is 31.1. The molecule has 0 saturated heterocycles. The maximum absolute atomic E-state index is 13.0. The van der Waals surface area contributed by atoms with Crippen molar-refractivity contribution >= 4 is 17.3 Å². The van der Waals surface area contributed by atoms with Gasteiger partial charge in [0.1, 0.15) is 0 Å². The fraction of sp³-hybridized carbons (Fsp3) is 0.188. The summed E-state index contributed by atoms with van der Waals surface area (Å²) in [7, 11) is 0. The quantitative estimate of drug-likeness (QED) is 0.475. The van der Waals surface area contributed by atoms with Crippen LogP contribution in [-0.2, 0) is 4.79 Å². The standard InChI is InChI=1S/C16H14F2N2O4/c17-12-8-7-11(10-13(12)18)19-16(21)6-3-9-24-15-5-2-1-4-14(15)20(22)23/h1-2,4-5,7-8,10H,3,6,9H2,(H,19,21). The third kappa shape index (κ3) is 4.73. The van der Waals surface area contributed by atoms with Crippen molar-refractivity contribution in [3.8, 4) is 5.75 Å². The summed E-state index contributed by atoms with van der Waals surface area (Å²) in [6.45, 7) is 0.107. The van der Waals surface area contributed by atoms with E-state index in [1.54, 1.807) is 6.07 Å². The fourth-order valence-corrected chi connectivity index (χ4v) is 1.94. The SMILES string of the molecule is O=C(CCCOc1ccccc1[N+](=O)[O-])Nc1ccc(F)c(F)c1. The maximum Gasteiger partial charge on any atom is 0.310 e. The third-order valence-corrected chi connectivity index (χ3v) is 3.07. The van der Waals surface area contributed by atoms with Crippen LogP contribution in [0.1, 0.15) is 12.8 Å². The predicted octanol–water partition coefficient (Wildman–Crippen LogP) is 3.67. The monoisotopic (exact) mass is 336 g/mol. The number of nitrogens with zero attached hydrogens (tertiary/aromatic N) is 1. The molecule has 24 heavy (non-hydrogen) atoms. The predicted molar refractivity (Wildman–Crippen MR) is 82.8 cm³/mol. The number of nitro groups is 1. The average Bonchev–Trinajstić information content (AvgIpc) is 2.55. The second-order valence-corrected chi connectivity index (χ2v) is 4.85. The number of carbonyl (C=O) groups is 1. The number of carbonyl (C=O) groups excluding carboxylic acids is 1. The molecule has 0 spiro atoms. The van der Waals surface area contributed by atoms with Crippen LogP contribution in [0.4, 0.5) is 20.2 Å². The summed E-state index contributed by atoms with van der Waals surface area (Å²) in [5.41, 5.74) is 0.00209. The molecule has 0 radical (unpaired) electrons. The second kappa shape index (κ2) is 8.00. The van der Waals surface area contributed by atoms with Crippen LogP contribution >= 0.6 is 0 Å². The number of anilines is 1. The molecular weight excluding hydrogens is 322 g/mol. The largest absolute Gasteiger partial charge is 0.487 e. The van der Waals surface area contributed by atoms with Gasteiger partial charge in [-0.15, -0.1) is 0 Å². The van der Waals surface area contributed by atoms with Crippen molar-refractivity contribution < 1.29 is 23.2 Å². The van der Waals surface area contributed by atoms with E-state index in [1.807, 2.05) is 0 Å². The highest BCUT2D eigenvalue weighted by molar-refractivity contribution is 5.90. The summed E-state index contributed by atoms with van der Waals surface area (Å²) in [4.78, 5) is 22.0. The topological polar surface area (TPSA) is 81.5 Å². The van der Waals surface area contributed by atoms with Crippen LogP contribution in [0.5, 0.6) is 5.75 Å². The Labute approximate surface area is 136 Å². The van der Waals surface area contributed by atoms with Crippen molar-refractivity contribution in [1.82, 2.24) is 0 Å². The van der Waals surface area contributed by atoms with E-state index in [2.05, 4.69) is 5.32 Å². The van der Waals surface area contributed by atoms with Crippen LogP contribution in [-0.4, -0.2) is 17.4 Å². The molecule has 126 valence electrons. The Kier molecular flexibility index (Phi) is 5.78. The number of nitrogens with one attached hydrogen (secondary N) is 1. The molecule has 6 nitrogen and oxygen atoms in total. The Balaban J connectivity index is 1.79. The van der Waals surface area contributed by atoms with Gasteiger partial charge in [0.05, 0.1) is 11.5 Å². The lowest BCUT2D eigenvalue weighted by molar-refractivity contribution is -0.385. The molecule has 2 aromatic carbocycles. The van der Waals surface area contributed by atoms with E-state index < -0.39 is 22.5 Å². The van der Waals surface area contributed by atoms with Crippen LogP contribution < -0.4 is 10.1 Å². The normalized spacial score (nSPS) is 10.2. The first-order valence-corrected chi connectivity index (χ1v) is 7.08. The van der Waals surface area contributed by atoms with Crippen molar-refractivity contribution in [1.29, 1.82) is 0 Å². The molecular formula is C16H14F2N2O4. The van der Waals surface area contributed by atoms with Gasteiger partial charge in [-0.05, 0) is 24.6 Å². The van der Waals surface area contributed by atoms with Gasteiger partial charge in [0.25, 0.3) is 0 Å². The molecule has 2 rings (SSSR count). The Morgan fingerprint density at radius 1 is 1.17 bits per heavy atom. The van der Waals surface area contributed by atoms with Crippen molar-refractivity contribution in [2.24, 2.45) is 0 Å². The Hall–Kier alpha value is -3.03. The van der Waals surface area contributed by atoms with Gasteiger partial charge in [-0.1, -0.05) is 12.1 Å². The number of hydrogen-bond acceptors (Lipinski definition) is 4. The zero-order chi connectivity index (χ0) is 17.5. The molecule has 2 aromatic rings. The lowest BCUT2D eigenvalue weighted by Crippen LogP contribution is -2.13. The molecule has 0 bridgehead atoms. The third-order valence-electron chi connectivity index (χ3n) is 3.07. The zero-order valence-corrected chi connectivity index (χ0v) is 12.5. The minimum absolute atomic E-state index is 0.0691. The fourth-order valence-electron chi connectivity index (χ4n) is 1.94. The number of nitro benzene ring substituents is 1. The van der Waals surface area contributed by atoms with Crippen molar-refractivity contribution in [3.63, 3.8) is 0 Å². The number of amides is 1. The van der Waals surface area contributed by atoms with E-state index >= 15 is 0 Å². The van der Waals surface area contributed by atoms with E-state index in [0.29, 0.717) is 6.42 Å². The molecule has 0 atom stereocenters. The van der Waals surface area contributed by atoms with Gasteiger partial charge in [-0.2, -0.15) is 0 Å². The molecule has 0 aliphatic rings. The van der Waals surface area contributed by atoms with E-state index in [9.17, 15) is 23.7 Å². The highest BCUT2D eigenvalue weighted by Crippen LogP contribution is 2.25. The Morgan fingerprint density at radius 3 is 2.62 bits per heavy atom. The summed E-state index contributed by atoms with van der Waals surface area (Å²) in [6, 6.07) is 8.99.